The molecule has 3 aromatic rings. The molecule has 1 heterocycles. The van der Waals surface area contributed by atoms with Crippen LogP contribution < -0.4 is 0 Å². The SMILES string of the molecule is OC(c1ccc(Cl)cc1F)c1csc2c(Br)cccc12. The molecule has 2 aromatic carbocycles. The maximum absolute atomic E-state index is 13.9. The zero-order chi connectivity index (χ0) is 14.3. The Morgan fingerprint density at radius 2 is 2.00 bits per heavy atom. The van der Waals surface area contributed by atoms with Gasteiger partial charge >= 0.3 is 0 Å². The highest BCUT2D eigenvalue weighted by Crippen LogP contribution is 2.37. The molecule has 1 aromatic heterocycles. The predicted molar refractivity (Wildman–Crippen MR) is 85.0 cm³/mol. The van der Waals surface area contributed by atoms with E-state index in [1.54, 1.807) is 6.07 Å². The van der Waals surface area contributed by atoms with Gasteiger partial charge in [-0.3, -0.25) is 0 Å². The Bertz CT molecular complexity index is 787. The minimum absolute atomic E-state index is 0.231. The summed E-state index contributed by atoms with van der Waals surface area (Å²) in [7, 11) is 0. The first-order valence-electron chi connectivity index (χ1n) is 5.86. The van der Waals surface area contributed by atoms with Crippen LogP contribution >= 0.6 is 38.9 Å². The molecule has 3 rings (SSSR count). The van der Waals surface area contributed by atoms with Crippen molar-refractivity contribution in [3.05, 3.63) is 68.2 Å². The number of aliphatic hydroxyl groups excluding tert-OH is 1. The topological polar surface area (TPSA) is 20.2 Å². The second kappa shape index (κ2) is 5.45. The fourth-order valence-electron chi connectivity index (χ4n) is 2.14. The number of thiophene rings is 1. The lowest BCUT2D eigenvalue weighted by Gasteiger charge is -2.12. The van der Waals surface area contributed by atoms with E-state index in [2.05, 4.69) is 15.9 Å². The van der Waals surface area contributed by atoms with Crippen molar-refractivity contribution in [2.75, 3.05) is 0 Å². The standard InChI is InChI=1S/C15H9BrClFOS/c16-12-3-1-2-9-11(7-20-15(9)12)14(19)10-5-4-8(17)6-13(10)18/h1-7,14,19H. The molecule has 1 atom stereocenters. The van der Waals surface area contributed by atoms with Crippen LogP contribution in [0.25, 0.3) is 10.1 Å². The minimum Gasteiger partial charge on any atom is -0.383 e. The number of halogens is 3. The summed E-state index contributed by atoms with van der Waals surface area (Å²) < 4.78 is 15.9. The molecule has 1 unspecified atom stereocenters. The Morgan fingerprint density at radius 3 is 2.75 bits per heavy atom. The Labute approximate surface area is 132 Å². The Hall–Kier alpha value is -0.940. The fraction of sp³-hybridized carbons (Fsp3) is 0.0667. The number of hydrogen-bond acceptors (Lipinski definition) is 2. The quantitative estimate of drug-likeness (QED) is 0.627. The summed E-state index contributed by atoms with van der Waals surface area (Å²) >= 11 is 10.7. The third-order valence-electron chi connectivity index (χ3n) is 3.13. The third kappa shape index (κ3) is 2.37. The molecule has 0 saturated carbocycles. The highest BCUT2D eigenvalue weighted by Gasteiger charge is 2.19. The van der Waals surface area contributed by atoms with Gasteiger partial charge in [-0.2, -0.15) is 0 Å². The molecule has 1 N–H and O–H groups in total. The zero-order valence-corrected chi connectivity index (χ0v) is 13.3. The smallest absolute Gasteiger partial charge is 0.130 e. The van der Waals surface area contributed by atoms with Gasteiger partial charge in [-0.1, -0.05) is 29.8 Å². The van der Waals surface area contributed by atoms with E-state index in [1.807, 2.05) is 23.6 Å². The first-order chi connectivity index (χ1) is 9.58. The van der Waals surface area contributed by atoms with E-state index in [9.17, 15) is 9.50 Å². The first-order valence-corrected chi connectivity index (χ1v) is 7.91. The number of aliphatic hydroxyl groups is 1. The number of hydrogen-bond donors (Lipinski definition) is 1. The molecule has 0 aliphatic carbocycles. The van der Waals surface area contributed by atoms with E-state index in [0.29, 0.717) is 10.6 Å². The van der Waals surface area contributed by atoms with Gasteiger partial charge in [0.05, 0.1) is 0 Å². The van der Waals surface area contributed by atoms with Gasteiger partial charge in [0.25, 0.3) is 0 Å². The molecule has 0 amide bonds. The van der Waals surface area contributed by atoms with Gasteiger partial charge < -0.3 is 5.11 Å². The van der Waals surface area contributed by atoms with Crippen LogP contribution in [0.15, 0.2) is 46.3 Å². The molecule has 102 valence electrons. The molecule has 0 aliphatic rings. The lowest BCUT2D eigenvalue weighted by atomic mass is 10.0. The molecule has 0 radical (unpaired) electrons. The zero-order valence-electron chi connectivity index (χ0n) is 10.1. The van der Waals surface area contributed by atoms with Gasteiger partial charge in [-0.15, -0.1) is 11.3 Å². The molecule has 0 fully saturated rings. The number of benzene rings is 2. The van der Waals surface area contributed by atoms with Gasteiger partial charge in [-0.25, -0.2) is 4.39 Å². The average Bonchev–Trinajstić information content (AvgIpc) is 2.83. The van der Waals surface area contributed by atoms with Crippen LogP contribution in [0.3, 0.4) is 0 Å². The number of fused-ring (bicyclic) bond motifs is 1. The third-order valence-corrected chi connectivity index (χ3v) is 5.34. The van der Waals surface area contributed by atoms with E-state index in [-0.39, 0.29) is 5.56 Å². The van der Waals surface area contributed by atoms with Crippen molar-refractivity contribution in [3.63, 3.8) is 0 Å². The molecular formula is C15H9BrClFOS. The fourth-order valence-corrected chi connectivity index (χ4v) is 3.94. The summed E-state index contributed by atoms with van der Waals surface area (Å²) in [5.41, 5.74) is 0.932. The maximum atomic E-state index is 13.9. The van der Waals surface area contributed by atoms with E-state index in [1.165, 1.54) is 23.5 Å². The summed E-state index contributed by atoms with van der Waals surface area (Å²) in [6.45, 7) is 0. The van der Waals surface area contributed by atoms with E-state index in [4.69, 9.17) is 11.6 Å². The van der Waals surface area contributed by atoms with E-state index >= 15 is 0 Å². The lowest BCUT2D eigenvalue weighted by Crippen LogP contribution is -2.01. The molecule has 1 nitrogen and oxygen atoms in total. The van der Waals surface area contributed by atoms with Crippen LogP contribution in [-0.2, 0) is 0 Å². The maximum Gasteiger partial charge on any atom is 0.130 e. The van der Waals surface area contributed by atoms with Crippen LogP contribution in [0.2, 0.25) is 5.02 Å². The summed E-state index contributed by atoms with van der Waals surface area (Å²) in [5, 5.41) is 13.5. The Kier molecular flexibility index (Phi) is 3.82. The van der Waals surface area contributed by atoms with Crippen LogP contribution in [-0.4, -0.2) is 5.11 Å². The highest BCUT2D eigenvalue weighted by molar-refractivity contribution is 9.10. The summed E-state index contributed by atoms with van der Waals surface area (Å²) in [5.74, 6) is -0.501. The summed E-state index contributed by atoms with van der Waals surface area (Å²) in [6, 6.07) is 10.1. The molecule has 0 bridgehead atoms. The van der Waals surface area contributed by atoms with Gasteiger partial charge in [-0.05, 0) is 44.9 Å². The average molecular weight is 372 g/mol. The van der Waals surface area contributed by atoms with Crippen molar-refractivity contribution < 1.29 is 9.50 Å². The van der Waals surface area contributed by atoms with Crippen LogP contribution in [0.1, 0.15) is 17.2 Å². The lowest BCUT2D eigenvalue weighted by molar-refractivity contribution is 0.217. The van der Waals surface area contributed by atoms with Crippen molar-refractivity contribution >= 4 is 49.0 Å². The van der Waals surface area contributed by atoms with E-state index in [0.717, 1.165) is 14.6 Å². The molecule has 20 heavy (non-hydrogen) atoms. The van der Waals surface area contributed by atoms with E-state index < -0.39 is 11.9 Å². The normalized spacial score (nSPS) is 12.8. The Balaban J connectivity index is 2.13. The molecule has 0 aliphatic heterocycles. The van der Waals surface area contributed by atoms with Crippen molar-refractivity contribution in [1.29, 1.82) is 0 Å². The van der Waals surface area contributed by atoms with Gasteiger partial charge in [0.1, 0.15) is 11.9 Å². The van der Waals surface area contributed by atoms with Crippen molar-refractivity contribution in [3.8, 4) is 0 Å². The summed E-state index contributed by atoms with van der Waals surface area (Å²) in [4.78, 5) is 0. The first kappa shape index (κ1) is 14.0. The second-order valence-corrected chi connectivity index (χ2v) is 6.55. The molecule has 5 heteroatoms. The van der Waals surface area contributed by atoms with Gasteiger partial charge in [0, 0.05) is 25.3 Å². The summed E-state index contributed by atoms with van der Waals surface area (Å²) in [6.07, 6.45) is -1.00. The van der Waals surface area contributed by atoms with Crippen LogP contribution in [0.5, 0.6) is 0 Å². The predicted octanol–water partition coefficient (Wildman–Crippen LogP) is 5.54. The molecule has 0 spiro atoms. The van der Waals surface area contributed by atoms with Crippen LogP contribution in [0, 0.1) is 5.82 Å². The largest absolute Gasteiger partial charge is 0.383 e. The second-order valence-electron chi connectivity index (χ2n) is 4.38. The Morgan fingerprint density at radius 1 is 1.20 bits per heavy atom. The minimum atomic E-state index is -1.00. The van der Waals surface area contributed by atoms with Crippen molar-refractivity contribution in [2.24, 2.45) is 0 Å². The van der Waals surface area contributed by atoms with Crippen molar-refractivity contribution in [1.82, 2.24) is 0 Å². The highest BCUT2D eigenvalue weighted by atomic mass is 79.9. The molecule has 0 saturated heterocycles. The van der Waals surface area contributed by atoms with Gasteiger partial charge in [0.2, 0.25) is 0 Å². The molecular weight excluding hydrogens is 363 g/mol. The van der Waals surface area contributed by atoms with Gasteiger partial charge in [0.15, 0.2) is 0 Å². The van der Waals surface area contributed by atoms with Crippen molar-refractivity contribution in [2.45, 2.75) is 6.10 Å². The van der Waals surface area contributed by atoms with Crippen LogP contribution in [0.4, 0.5) is 4.39 Å². The number of rotatable bonds is 2. The monoisotopic (exact) mass is 370 g/mol.